The number of hydrogen-bond acceptors (Lipinski definition) is 3. The van der Waals surface area contributed by atoms with Crippen molar-refractivity contribution in [1.82, 2.24) is 4.57 Å². The predicted molar refractivity (Wildman–Crippen MR) is 224 cm³/mol. The highest BCUT2D eigenvalue weighted by Crippen LogP contribution is 2.47. The molecule has 0 saturated carbocycles. The number of aryl methyl sites for hydroxylation is 3. The van der Waals surface area contributed by atoms with E-state index in [1.807, 2.05) is 6.07 Å². The maximum Gasteiger partial charge on any atom is 0.260 e. The average Bonchev–Trinajstić information content (AvgIpc) is 3.68. The first-order chi connectivity index (χ1) is 26.1. The first-order valence-electron chi connectivity index (χ1n) is 18.9. The Morgan fingerprint density at radius 1 is 0.574 bits per heavy atom. The summed E-state index contributed by atoms with van der Waals surface area (Å²) in [6.07, 6.45) is 0. The van der Waals surface area contributed by atoms with Gasteiger partial charge in [-0.25, -0.2) is 0 Å². The van der Waals surface area contributed by atoms with Gasteiger partial charge in [0.15, 0.2) is 11.3 Å². The Labute approximate surface area is 314 Å². The van der Waals surface area contributed by atoms with Crippen LogP contribution in [0.4, 0.5) is 0 Å². The van der Waals surface area contributed by atoms with Crippen LogP contribution in [0.25, 0.3) is 60.6 Å². The van der Waals surface area contributed by atoms with Crippen molar-refractivity contribution in [2.24, 2.45) is 0 Å². The van der Waals surface area contributed by atoms with Crippen molar-refractivity contribution in [3.63, 3.8) is 0 Å². The van der Waals surface area contributed by atoms with Gasteiger partial charge in [-0.2, -0.15) is 0 Å². The molecule has 5 heteroatoms. The smallest absolute Gasteiger partial charge is 0.260 e. The molecule has 54 heavy (non-hydrogen) atoms. The van der Waals surface area contributed by atoms with Gasteiger partial charge in [0.05, 0.1) is 11.0 Å². The van der Waals surface area contributed by atoms with Crippen molar-refractivity contribution in [3.8, 4) is 39.8 Å². The van der Waals surface area contributed by atoms with Crippen LogP contribution in [-0.4, -0.2) is 11.3 Å². The molecule has 4 nitrogen and oxygen atoms in total. The van der Waals surface area contributed by atoms with Crippen molar-refractivity contribution in [2.75, 3.05) is 0 Å². The van der Waals surface area contributed by atoms with Gasteiger partial charge in [-0.1, -0.05) is 111 Å². The molecule has 7 aromatic carbocycles. The molecular weight excluding hydrogens is 661 g/mol. The molecule has 0 spiro atoms. The molecule has 0 unspecified atom stereocenters. The van der Waals surface area contributed by atoms with Gasteiger partial charge in [-0.15, -0.1) is 0 Å². The Balaban J connectivity index is 1.30. The number of hydrogen-bond donors (Lipinski definition) is 0. The number of benzene rings is 7. The van der Waals surface area contributed by atoms with Crippen LogP contribution >= 0.6 is 0 Å². The maximum atomic E-state index is 7.40. The lowest BCUT2D eigenvalue weighted by Crippen LogP contribution is -2.57. The molecule has 0 amide bonds. The highest BCUT2D eigenvalue weighted by Gasteiger charge is 2.43. The second kappa shape index (κ2) is 10.9. The van der Waals surface area contributed by atoms with Crippen LogP contribution in [0.3, 0.4) is 0 Å². The van der Waals surface area contributed by atoms with E-state index in [0.717, 1.165) is 83.6 Å². The minimum atomic E-state index is -0.135. The molecule has 0 fully saturated rings. The Morgan fingerprint density at radius 2 is 1.20 bits per heavy atom. The van der Waals surface area contributed by atoms with E-state index in [2.05, 4.69) is 161 Å². The van der Waals surface area contributed by atoms with Crippen molar-refractivity contribution >= 4 is 66.8 Å². The van der Waals surface area contributed by atoms with Crippen molar-refractivity contribution in [2.45, 2.75) is 47.0 Å². The van der Waals surface area contributed by atoms with Gasteiger partial charge in [0.2, 0.25) is 0 Å². The number of aromatic nitrogens is 1. The highest BCUT2D eigenvalue weighted by atomic mass is 16.5. The Kier molecular flexibility index (Phi) is 6.34. The van der Waals surface area contributed by atoms with Gasteiger partial charge in [0.25, 0.3) is 6.71 Å². The minimum absolute atomic E-state index is 0.0463. The standard InChI is InChI=1S/C49H38BNO3/c1-27-21-28(2)44(29(3)22-27)30-23-42-45-43(24-30)54-48-37(50(45)36-25-31(49(4,5)6)19-20-41(36)52-42)26-35-34-15-9-12-18-40(34)53-47(35)46(48)51-38-16-10-7-13-32(38)33-14-8-11-17-39(33)51/h7-26H,1-6H3. The summed E-state index contributed by atoms with van der Waals surface area (Å²) in [6, 6.07) is 43.7. The lowest BCUT2D eigenvalue weighted by atomic mass is 9.34. The molecule has 4 heterocycles. The van der Waals surface area contributed by atoms with E-state index in [4.69, 9.17) is 13.9 Å². The van der Waals surface area contributed by atoms with E-state index in [1.54, 1.807) is 0 Å². The summed E-state index contributed by atoms with van der Waals surface area (Å²) in [5.74, 6) is 3.33. The second-order valence-electron chi connectivity index (χ2n) is 16.3. The zero-order chi connectivity index (χ0) is 36.6. The zero-order valence-corrected chi connectivity index (χ0v) is 31.3. The van der Waals surface area contributed by atoms with Gasteiger partial charge in [-0.3, -0.25) is 0 Å². The van der Waals surface area contributed by atoms with Crippen LogP contribution < -0.4 is 25.9 Å². The lowest BCUT2D eigenvalue weighted by molar-refractivity contribution is 0.463. The lowest BCUT2D eigenvalue weighted by Gasteiger charge is -2.35. The van der Waals surface area contributed by atoms with Crippen LogP contribution in [0.5, 0.6) is 23.0 Å². The minimum Gasteiger partial charge on any atom is -0.458 e. The normalized spacial score (nSPS) is 13.3. The van der Waals surface area contributed by atoms with Crippen molar-refractivity contribution in [3.05, 3.63) is 144 Å². The Hall–Kier alpha value is -6.20. The Morgan fingerprint density at radius 3 is 1.89 bits per heavy atom. The fraction of sp³-hybridized carbons (Fsp3) is 0.143. The van der Waals surface area contributed by atoms with E-state index < -0.39 is 0 Å². The first kappa shape index (κ1) is 31.3. The maximum absolute atomic E-state index is 7.40. The average molecular weight is 700 g/mol. The predicted octanol–water partition coefficient (Wildman–Crippen LogP) is 11.3. The summed E-state index contributed by atoms with van der Waals surface area (Å²) in [6.45, 7) is 13.2. The van der Waals surface area contributed by atoms with Crippen molar-refractivity contribution in [1.29, 1.82) is 0 Å². The molecule has 2 aromatic heterocycles. The summed E-state index contributed by atoms with van der Waals surface area (Å²) < 4.78 is 23.6. The van der Waals surface area contributed by atoms with Crippen molar-refractivity contribution < 1.29 is 13.9 Å². The third-order valence-corrected chi connectivity index (χ3v) is 11.7. The molecule has 2 aliphatic heterocycles. The number of para-hydroxylation sites is 3. The summed E-state index contributed by atoms with van der Waals surface area (Å²) in [5, 5.41) is 4.52. The van der Waals surface area contributed by atoms with Gasteiger partial charge < -0.3 is 18.5 Å². The molecule has 0 N–H and O–H groups in total. The van der Waals surface area contributed by atoms with Gasteiger partial charge in [-0.05, 0) is 101 Å². The van der Waals surface area contributed by atoms with E-state index in [0.29, 0.717) is 0 Å². The molecule has 0 radical (unpaired) electrons. The molecule has 0 saturated heterocycles. The van der Waals surface area contributed by atoms with Crippen LogP contribution in [0.1, 0.15) is 43.0 Å². The molecule has 0 aliphatic carbocycles. The summed E-state index contributed by atoms with van der Waals surface area (Å²) in [5.41, 5.74) is 15.3. The summed E-state index contributed by atoms with van der Waals surface area (Å²) in [7, 11) is 0. The quantitative estimate of drug-likeness (QED) is 0.169. The molecular formula is C49H38BNO3. The number of fused-ring (bicyclic) bond motifs is 10. The van der Waals surface area contributed by atoms with Crippen LogP contribution in [0.15, 0.2) is 126 Å². The number of furan rings is 1. The summed E-state index contributed by atoms with van der Waals surface area (Å²) >= 11 is 0. The number of nitrogens with zero attached hydrogens (tertiary/aromatic N) is 1. The molecule has 0 bridgehead atoms. The largest absolute Gasteiger partial charge is 0.458 e. The number of rotatable bonds is 2. The van der Waals surface area contributed by atoms with Gasteiger partial charge in [0.1, 0.15) is 28.5 Å². The fourth-order valence-corrected chi connectivity index (χ4v) is 9.41. The topological polar surface area (TPSA) is 36.5 Å². The molecule has 11 rings (SSSR count). The first-order valence-corrected chi connectivity index (χ1v) is 18.9. The van der Waals surface area contributed by atoms with Gasteiger partial charge in [0, 0.05) is 27.0 Å². The monoisotopic (exact) mass is 699 g/mol. The zero-order valence-electron chi connectivity index (χ0n) is 31.3. The van der Waals surface area contributed by atoms with E-state index in [1.165, 1.54) is 38.6 Å². The fourth-order valence-electron chi connectivity index (χ4n) is 9.41. The Bertz CT molecular complexity index is 3010. The molecule has 260 valence electrons. The number of ether oxygens (including phenoxy) is 2. The van der Waals surface area contributed by atoms with Crippen LogP contribution in [0.2, 0.25) is 0 Å². The SMILES string of the molecule is Cc1cc(C)c(-c2cc3c4c(c2)Oc2c(cc5c(oc6ccccc65)c2-n2c5ccccc5c5ccccc52)B4c2cc(C(C)(C)C)ccc2O3)c(C)c1. The van der Waals surface area contributed by atoms with E-state index >= 15 is 0 Å². The third-order valence-electron chi connectivity index (χ3n) is 11.7. The highest BCUT2D eigenvalue weighted by molar-refractivity contribution is 6.98. The third kappa shape index (κ3) is 4.33. The van der Waals surface area contributed by atoms with Gasteiger partial charge >= 0.3 is 0 Å². The summed E-state index contributed by atoms with van der Waals surface area (Å²) in [4.78, 5) is 0. The molecule has 0 atom stereocenters. The molecule has 2 aliphatic rings. The molecule has 9 aromatic rings. The van der Waals surface area contributed by atoms with E-state index in [-0.39, 0.29) is 12.1 Å². The van der Waals surface area contributed by atoms with E-state index in [9.17, 15) is 0 Å². The van der Waals surface area contributed by atoms with Crippen LogP contribution in [0, 0.1) is 20.8 Å². The second-order valence-corrected chi connectivity index (χ2v) is 16.3. The van der Waals surface area contributed by atoms with Crippen LogP contribution in [-0.2, 0) is 5.41 Å².